The highest BCUT2D eigenvalue weighted by atomic mass is 79.9. The van der Waals surface area contributed by atoms with Crippen LogP contribution in [0.1, 0.15) is 11.4 Å². The lowest BCUT2D eigenvalue weighted by molar-refractivity contribution is 0.967. The first kappa shape index (κ1) is 10.1. The van der Waals surface area contributed by atoms with Crippen LogP contribution < -0.4 is 5.73 Å². The molecule has 15 heavy (non-hydrogen) atoms. The zero-order chi connectivity index (χ0) is 10.7. The van der Waals surface area contributed by atoms with Crippen molar-refractivity contribution < 1.29 is 0 Å². The van der Waals surface area contributed by atoms with E-state index in [2.05, 4.69) is 25.9 Å². The maximum absolute atomic E-state index is 5.52. The summed E-state index contributed by atoms with van der Waals surface area (Å²) >= 11 is 3.49. The number of hydrogen-bond donors (Lipinski definition) is 1. The van der Waals surface area contributed by atoms with Crippen LogP contribution in [0.5, 0.6) is 0 Å². The van der Waals surface area contributed by atoms with Gasteiger partial charge < -0.3 is 5.73 Å². The molecule has 1 aromatic heterocycles. The minimum Gasteiger partial charge on any atom is -0.396 e. The van der Waals surface area contributed by atoms with Crippen LogP contribution in [0.2, 0.25) is 0 Å². The van der Waals surface area contributed by atoms with Crippen molar-refractivity contribution >= 4 is 21.6 Å². The normalized spacial score (nSPS) is 10.2. The van der Waals surface area contributed by atoms with Crippen LogP contribution in [0.15, 0.2) is 41.1 Å². The third-order valence-electron chi connectivity index (χ3n) is 2.03. The first-order valence-corrected chi connectivity index (χ1v) is 5.35. The third-order valence-corrected chi connectivity index (χ3v) is 2.81. The monoisotopic (exact) mass is 263 g/mol. The van der Waals surface area contributed by atoms with Gasteiger partial charge in [-0.1, -0.05) is 34.1 Å². The van der Waals surface area contributed by atoms with E-state index in [1.165, 1.54) is 5.56 Å². The van der Waals surface area contributed by atoms with Gasteiger partial charge in [0.15, 0.2) is 0 Å². The molecule has 2 N–H and O–H groups in total. The Hall–Kier alpha value is -1.42. The highest BCUT2D eigenvalue weighted by molar-refractivity contribution is 9.10. The van der Waals surface area contributed by atoms with Crippen molar-refractivity contribution in [1.82, 2.24) is 9.97 Å². The van der Waals surface area contributed by atoms with Gasteiger partial charge in [0.1, 0.15) is 5.82 Å². The van der Waals surface area contributed by atoms with Gasteiger partial charge >= 0.3 is 0 Å². The largest absolute Gasteiger partial charge is 0.396 e. The van der Waals surface area contributed by atoms with Crippen LogP contribution in [0.3, 0.4) is 0 Å². The molecule has 0 aliphatic rings. The first-order valence-electron chi connectivity index (χ1n) is 4.55. The summed E-state index contributed by atoms with van der Waals surface area (Å²) in [6.45, 7) is 0. The van der Waals surface area contributed by atoms with Crippen molar-refractivity contribution in [2.45, 2.75) is 6.42 Å². The van der Waals surface area contributed by atoms with E-state index in [9.17, 15) is 0 Å². The summed E-state index contributed by atoms with van der Waals surface area (Å²) < 4.78 is 1.07. The summed E-state index contributed by atoms with van der Waals surface area (Å²) in [5, 5.41) is 0. The highest BCUT2D eigenvalue weighted by Crippen LogP contribution is 2.17. The van der Waals surface area contributed by atoms with Crippen LogP contribution in [0.25, 0.3) is 0 Å². The summed E-state index contributed by atoms with van der Waals surface area (Å²) in [7, 11) is 0. The molecule has 0 saturated heterocycles. The third kappa shape index (κ3) is 2.53. The Kier molecular flexibility index (Phi) is 2.97. The van der Waals surface area contributed by atoms with Gasteiger partial charge in [0.25, 0.3) is 0 Å². The predicted octanol–water partition coefficient (Wildman–Crippen LogP) is 2.41. The van der Waals surface area contributed by atoms with E-state index in [0.717, 1.165) is 10.3 Å². The maximum Gasteiger partial charge on any atom is 0.132 e. The predicted molar refractivity (Wildman–Crippen MR) is 63.4 cm³/mol. The number of rotatable bonds is 2. The fourth-order valence-electron chi connectivity index (χ4n) is 1.27. The van der Waals surface area contributed by atoms with Crippen molar-refractivity contribution in [3.05, 3.63) is 52.5 Å². The SMILES string of the molecule is Nc1cnc(Cc2ccccc2Br)nc1. The lowest BCUT2D eigenvalue weighted by atomic mass is 10.1. The van der Waals surface area contributed by atoms with Crippen LogP contribution in [-0.2, 0) is 6.42 Å². The van der Waals surface area contributed by atoms with Gasteiger partial charge in [-0.2, -0.15) is 0 Å². The smallest absolute Gasteiger partial charge is 0.132 e. The Morgan fingerprint density at radius 1 is 1.13 bits per heavy atom. The quantitative estimate of drug-likeness (QED) is 0.906. The minimum absolute atomic E-state index is 0.589. The molecule has 3 nitrogen and oxygen atoms in total. The number of halogens is 1. The second kappa shape index (κ2) is 4.40. The molecule has 2 aromatic rings. The summed E-state index contributed by atoms with van der Waals surface area (Å²) in [6, 6.07) is 8.03. The van der Waals surface area contributed by atoms with Gasteiger partial charge in [0.2, 0.25) is 0 Å². The van der Waals surface area contributed by atoms with Gasteiger partial charge in [0, 0.05) is 10.9 Å². The zero-order valence-corrected chi connectivity index (χ0v) is 9.61. The summed E-state index contributed by atoms with van der Waals surface area (Å²) in [6.07, 6.45) is 3.96. The Balaban J connectivity index is 2.22. The summed E-state index contributed by atoms with van der Waals surface area (Å²) in [4.78, 5) is 8.32. The van der Waals surface area contributed by atoms with Gasteiger partial charge in [-0.15, -0.1) is 0 Å². The molecule has 0 fully saturated rings. The molecule has 0 saturated carbocycles. The molecule has 0 amide bonds. The number of benzene rings is 1. The standard InChI is InChI=1S/C11H10BrN3/c12-10-4-2-1-3-8(10)5-11-14-6-9(13)7-15-11/h1-4,6-7H,5,13H2. The summed E-state index contributed by atoms with van der Waals surface area (Å²) in [5.41, 5.74) is 7.27. The molecule has 4 heteroatoms. The topological polar surface area (TPSA) is 51.8 Å². The molecule has 0 spiro atoms. The van der Waals surface area contributed by atoms with Crippen molar-refractivity contribution in [2.75, 3.05) is 5.73 Å². The van der Waals surface area contributed by atoms with Gasteiger partial charge in [-0.25, -0.2) is 9.97 Å². The number of nitrogens with two attached hydrogens (primary N) is 1. The number of aromatic nitrogens is 2. The molecular weight excluding hydrogens is 254 g/mol. The van der Waals surface area contributed by atoms with Crippen molar-refractivity contribution in [3.8, 4) is 0 Å². The van der Waals surface area contributed by atoms with E-state index >= 15 is 0 Å². The summed E-state index contributed by atoms with van der Waals surface area (Å²) in [5.74, 6) is 0.774. The van der Waals surface area contributed by atoms with Crippen molar-refractivity contribution in [2.24, 2.45) is 0 Å². The molecule has 1 aromatic carbocycles. The van der Waals surface area contributed by atoms with Gasteiger partial charge in [-0.05, 0) is 11.6 Å². The molecular formula is C11H10BrN3. The molecule has 0 radical (unpaired) electrons. The average molecular weight is 264 g/mol. The van der Waals surface area contributed by atoms with E-state index in [1.807, 2.05) is 24.3 Å². The van der Waals surface area contributed by atoms with Crippen LogP contribution in [0.4, 0.5) is 5.69 Å². The van der Waals surface area contributed by atoms with Crippen LogP contribution in [-0.4, -0.2) is 9.97 Å². The lowest BCUT2D eigenvalue weighted by Gasteiger charge is -2.02. The molecule has 0 aliphatic carbocycles. The number of nitrogen functional groups attached to an aromatic ring is 1. The molecule has 0 bridgehead atoms. The minimum atomic E-state index is 0.589. The highest BCUT2D eigenvalue weighted by Gasteiger charge is 2.02. The fraction of sp³-hybridized carbons (Fsp3) is 0.0909. The molecule has 0 unspecified atom stereocenters. The second-order valence-corrected chi connectivity index (χ2v) is 4.06. The number of hydrogen-bond acceptors (Lipinski definition) is 3. The van der Waals surface area contributed by atoms with E-state index < -0.39 is 0 Å². The van der Waals surface area contributed by atoms with E-state index in [0.29, 0.717) is 12.1 Å². The Bertz CT molecular complexity index is 454. The van der Waals surface area contributed by atoms with Gasteiger partial charge in [0.05, 0.1) is 18.1 Å². The van der Waals surface area contributed by atoms with E-state index in [1.54, 1.807) is 12.4 Å². The molecule has 76 valence electrons. The van der Waals surface area contributed by atoms with E-state index in [-0.39, 0.29) is 0 Å². The Labute approximate surface area is 96.5 Å². The molecule has 0 aliphatic heterocycles. The van der Waals surface area contributed by atoms with Crippen molar-refractivity contribution in [1.29, 1.82) is 0 Å². The Morgan fingerprint density at radius 2 is 1.80 bits per heavy atom. The Morgan fingerprint density at radius 3 is 2.47 bits per heavy atom. The van der Waals surface area contributed by atoms with Gasteiger partial charge in [-0.3, -0.25) is 0 Å². The van der Waals surface area contributed by atoms with Crippen LogP contribution >= 0.6 is 15.9 Å². The van der Waals surface area contributed by atoms with Crippen molar-refractivity contribution in [3.63, 3.8) is 0 Å². The molecule has 2 rings (SSSR count). The average Bonchev–Trinajstić information content (AvgIpc) is 2.25. The number of nitrogens with zero attached hydrogens (tertiary/aromatic N) is 2. The number of anilines is 1. The molecule has 1 heterocycles. The van der Waals surface area contributed by atoms with Crippen LogP contribution in [0, 0.1) is 0 Å². The van der Waals surface area contributed by atoms with E-state index in [4.69, 9.17) is 5.73 Å². The maximum atomic E-state index is 5.52. The lowest BCUT2D eigenvalue weighted by Crippen LogP contribution is -1.98. The fourth-order valence-corrected chi connectivity index (χ4v) is 1.69. The zero-order valence-electron chi connectivity index (χ0n) is 8.02. The second-order valence-electron chi connectivity index (χ2n) is 3.20. The molecule has 0 atom stereocenters. The first-order chi connectivity index (χ1) is 7.25.